The molecule has 0 aromatic rings. The van der Waals surface area contributed by atoms with Gasteiger partial charge in [-0.15, -0.1) is 0 Å². The molecule has 0 N–H and O–H groups in total. The van der Waals surface area contributed by atoms with Gasteiger partial charge in [-0.1, -0.05) is 0 Å². The van der Waals surface area contributed by atoms with Crippen LogP contribution in [0.5, 0.6) is 0 Å². The normalized spacial score (nSPS) is 25.4. The molecule has 1 rings (SSSR count). The second kappa shape index (κ2) is 4.04. The van der Waals surface area contributed by atoms with E-state index in [1.165, 1.54) is 25.2 Å². The summed E-state index contributed by atoms with van der Waals surface area (Å²) in [4.78, 5) is 3.76. The lowest BCUT2D eigenvalue weighted by Crippen LogP contribution is -2.35. The molecule has 0 amide bonds. The summed E-state index contributed by atoms with van der Waals surface area (Å²) < 4.78 is 37.7. The molecule has 0 aliphatic carbocycles. The van der Waals surface area contributed by atoms with Crippen LogP contribution in [0.1, 0.15) is 13.3 Å². The molecule has 0 aromatic heterocycles. The Labute approximate surface area is 86.0 Å². The van der Waals surface area contributed by atoms with E-state index in [-0.39, 0.29) is 17.8 Å². The van der Waals surface area contributed by atoms with Crippen molar-refractivity contribution in [2.75, 3.05) is 7.05 Å². The Morgan fingerprint density at radius 2 is 2.13 bits per heavy atom. The summed E-state index contributed by atoms with van der Waals surface area (Å²) in [6, 6.07) is 0. The van der Waals surface area contributed by atoms with E-state index in [2.05, 4.69) is 16.8 Å². The molecule has 6 heteroatoms. The zero-order valence-corrected chi connectivity index (χ0v) is 8.54. The standard InChI is InChI=1S/C9H12F3N3/c1-6-5-15(14-3)8(13-2)4-7(6)9(10,11)12/h5,7H,3-4H2,1-2H3/b13-8-. The van der Waals surface area contributed by atoms with E-state index < -0.39 is 12.1 Å². The summed E-state index contributed by atoms with van der Waals surface area (Å²) in [5.41, 5.74) is 0.224. The van der Waals surface area contributed by atoms with Gasteiger partial charge in [0.05, 0.1) is 5.92 Å². The van der Waals surface area contributed by atoms with Crippen LogP contribution in [0, 0.1) is 5.92 Å². The molecule has 84 valence electrons. The quantitative estimate of drug-likeness (QED) is 0.622. The highest BCUT2D eigenvalue weighted by molar-refractivity contribution is 5.85. The first-order valence-corrected chi connectivity index (χ1v) is 4.36. The average molecular weight is 219 g/mol. The topological polar surface area (TPSA) is 28.0 Å². The number of rotatable bonds is 1. The molecule has 0 bridgehead atoms. The van der Waals surface area contributed by atoms with Gasteiger partial charge in [0.2, 0.25) is 0 Å². The third-order valence-corrected chi connectivity index (χ3v) is 2.33. The Morgan fingerprint density at radius 3 is 2.53 bits per heavy atom. The van der Waals surface area contributed by atoms with Crippen molar-refractivity contribution in [3.63, 3.8) is 0 Å². The highest BCUT2D eigenvalue weighted by atomic mass is 19.4. The lowest BCUT2D eigenvalue weighted by atomic mass is 9.93. The monoisotopic (exact) mass is 219 g/mol. The van der Waals surface area contributed by atoms with Crippen molar-refractivity contribution < 1.29 is 13.2 Å². The summed E-state index contributed by atoms with van der Waals surface area (Å²) in [7, 11) is 1.44. The lowest BCUT2D eigenvalue weighted by Gasteiger charge is -2.30. The molecule has 1 atom stereocenters. The van der Waals surface area contributed by atoms with E-state index in [9.17, 15) is 13.2 Å². The maximum Gasteiger partial charge on any atom is 0.395 e. The van der Waals surface area contributed by atoms with Crippen LogP contribution in [0.2, 0.25) is 0 Å². The van der Waals surface area contributed by atoms with Gasteiger partial charge in [0.25, 0.3) is 0 Å². The molecular formula is C9H12F3N3. The molecule has 15 heavy (non-hydrogen) atoms. The van der Waals surface area contributed by atoms with Gasteiger partial charge in [0.15, 0.2) is 0 Å². The van der Waals surface area contributed by atoms with E-state index in [1.54, 1.807) is 0 Å². The molecule has 1 unspecified atom stereocenters. The second-order valence-electron chi connectivity index (χ2n) is 3.30. The highest BCUT2D eigenvalue weighted by Gasteiger charge is 2.43. The molecule has 1 aliphatic heterocycles. The number of aliphatic imine (C=N–C) groups is 1. The van der Waals surface area contributed by atoms with Crippen molar-refractivity contribution in [1.82, 2.24) is 5.01 Å². The largest absolute Gasteiger partial charge is 0.395 e. The second-order valence-corrected chi connectivity index (χ2v) is 3.30. The summed E-state index contributed by atoms with van der Waals surface area (Å²) in [5.74, 6) is -1.19. The molecule has 0 spiro atoms. The Morgan fingerprint density at radius 1 is 1.53 bits per heavy atom. The first kappa shape index (κ1) is 11.7. The van der Waals surface area contributed by atoms with Gasteiger partial charge in [0, 0.05) is 26.4 Å². The number of allylic oxidation sites excluding steroid dienone is 1. The van der Waals surface area contributed by atoms with Crippen LogP contribution in [0.4, 0.5) is 13.2 Å². The first-order valence-electron chi connectivity index (χ1n) is 4.36. The minimum Gasteiger partial charge on any atom is -0.274 e. The van der Waals surface area contributed by atoms with E-state index >= 15 is 0 Å². The van der Waals surface area contributed by atoms with Gasteiger partial charge < -0.3 is 0 Å². The number of amidine groups is 1. The van der Waals surface area contributed by atoms with Crippen LogP contribution in [-0.2, 0) is 0 Å². The Kier molecular flexibility index (Phi) is 3.16. The predicted octanol–water partition coefficient (Wildman–Crippen LogP) is 2.42. The van der Waals surface area contributed by atoms with Crippen molar-refractivity contribution in [3.05, 3.63) is 11.8 Å². The van der Waals surface area contributed by atoms with Crippen molar-refractivity contribution >= 4 is 12.6 Å². The summed E-state index contributed by atoms with van der Waals surface area (Å²) in [6.07, 6.45) is -3.10. The average Bonchev–Trinajstić information content (AvgIpc) is 2.15. The van der Waals surface area contributed by atoms with E-state index in [1.807, 2.05) is 0 Å². The lowest BCUT2D eigenvalue weighted by molar-refractivity contribution is -0.163. The number of halogens is 3. The first-order chi connectivity index (χ1) is 6.90. The Balaban J connectivity index is 3.04. The molecule has 1 aliphatic rings. The summed E-state index contributed by atoms with van der Waals surface area (Å²) in [5, 5.41) is 4.85. The van der Waals surface area contributed by atoms with Crippen molar-refractivity contribution in [3.8, 4) is 0 Å². The van der Waals surface area contributed by atoms with Crippen LogP contribution < -0.4 is 0 Å². The molecule has 0 aromatic carbocycles. The van der Waals surface area contributed by atoms with E-state index in [0.717, 1.165) is 0 Å². The fourth-order valence-corrected chi connectivity index (χ4v) is 1.48. The number of hydrazone groups is 1. The number of hydrogen-bond acceptors (Lipinski definition) is 2. The Bertz CT molecular complexity index is 317. The van der Waals surface area contributed by atoms with Crippen LogP contribution in [-0.4, -0.2) is 30.8 Å². The van der Waals surface area contributed by atoms with Crippen molar-refractivity contribution in [1.29, 1.82) is 0 Å². The highest BCUT2D eigenvalue weighted by Crippen LogP contribution is 2.37. The van der Waals surface area contributed by atoms with Gasteiger partial charge in [-0.25, -0.2) is 5.01 Å². The SMILES string of the molecule is C=NN1C=C(C)C(C(F)(F)F)C/C1=N/C. The number of alkyl halides is 3. The molecule has 0 saturated carbocycles. The van der Waals surface area contributed by atoms with E-state index in [0.29, 0.717) is 0 Å². The fourth-order valence-electron chi connectivity index (χ4n) is 1.48. The van der Waals surface area contributed by atoms with Crippen molar-refractivity contribution in [2.24, 2.45) is 16.0 Å². The third kappa shape index (κ3) is 2.37. The molecule has 0 radical (unpaired) electrons. The smallest absolute Gasteiger partial charge is 0.274 e. The number of nitrogens with zero attached hydrogens (tertiary/aromatic N) is 3. The minimum atomic E-state index is -4.23. The van der Waals surface area contributed by atoms with Gasteiger partial charge in [-0.05, 0) is 12.5 Å². The van der Waals surface area contributed by atoms with Gasteiger partial charge in [0.1, 0.15) is 5.84 Å². The maximum absolute atomic E-state index is 12.6. The van der Waals surface area contributed by atoms with Gasteiger partial charge >= 0.3 is 6.18 Å². The molecule has 1 heterocycles. The Hall–Kier alpha value is -1.33. The summed E-state index contributed by atoms with van der Waals surface area (Å²) in [6.45, 7) is 4.71. The van der Waals surface area contributed by atoms with Crippen LogP contribution >= 0.6 is 0 Å². The molecule has 0 saturated heterocycles. The van der Waals surface area contributed by atoms with Gasteiger partial charge in [-0.3, -0.25) is 4.99 Å². The molecule has 0 fully saturated rings. The van der Waals surface area contributed by atoms with E-state index in [4.69, 9.17) is 0 Å². The predicted molar refractivity (Wildman–Crippen MR) is 52.7 cm³/mol. The fraction of sp³-hybridized carbons (Fsp3) is 0.556. The van der Waals surface area contributed by atoms with Crippen LogP contribution in [0.3, 0.4) is 0 Å². The summed E-state index contributed by atoms with van der Waals surface area (Å²) >= 11 is 0. The van der Waals surface area contributed by atoms with Crippen LogP contribution in [0.15, 0.2) is 21.9 Å². The third-order valence-electron chi connectivity index (χ3n) is 2.33. The molecule has 3 nitrogen and oxygen atoms in total. The minimum absolute atomic E-state index is 0.179. The van der Waals surface area contributed by atoms with Gasteiger partial charge in [-0.2, -0.15) is 18.3 Å². The number of hydrogen-bond donors (Lipinski definition) is 0. The van der Waals surface area contributed by atoms with Crippen molar-refractivity contribution in [2.45, 2.75) is 19.5 Å². The maximum atomic E-state index is 12.6. The zero-order chi connectivity index (χ0) is 11.6. The van der Waals surface area contributed by atoms with Crippen LogP contribution in [0.25, 0.3) is 0 Å². The molecular weight excluding hydrogens is 207 g/mol. The zero-order valence-electron chi connectivity index (χ0n) is 8.54.